The van der Waals surface area contributed by atoms with Gasteiger partial charge in [-0.25, -0.2) is 0 Å². The fraction of sp³-hybridized carbons (Fsp3) is 0.692. The lowest BCUT2D eigenvalue weighted by Gasteiger charge is -2.23. The van der Waals surface area contributed by atoms with Crippen LogP contribution in [-0.4, -0.2) is 56.7 Å². The van der Waals surface area contributed by atoms with Gasteiger partial charge in [-0.15, -0.1) is 0 Å². The van der Waals surface area contributed by atoms with Crippen LogP contribution >= 0.6 is 0 Å². The highest BCUT2D eigenvalue weighted by Crippen LogP contribution is 2.13. The van der Waals surface area contributed by atoms with Crippen LogP contribution in [0.15, 0.2) is 0 Å². The zero-order valence-corrected chi connectivity index (χ0v) is 12.9. The Kier molecular flexibility index (Phi) is 9.51. The largest absolute Gasteiger partial charge is 0.466 e. The number of amides is 2. The Hall–Kier alpha value is -2.16. The average molecular weight is 318 g/mol. The van der Waals surface area contributed by atoms with Crippen LogP contribution in [0.3, 0.4) is 0 Å². The lowest BCUT2D eigenvalue weighted by molar-refractivity contribution is -0.157. The number of methoxy groups -OCH3 is 1. The Morgan fingerprint density at radius 3 is 2.14 bits per heavy atom. The number of primary amides is 1. The standard InChI is InChI=1S/C13H22N2O7/c1-4-21-10(17)6-8(13(19)22-5-2)11(12(14)18)15-9(16)7-20-3/h8,11H,4-7H2,1-3H3,(H2,14,18)(H,15,16)/t8-,11+/m1/s1. The Labute approximate surface area is 128 Å². The van der Waals surface area contributed by atoms with Gasteiger partial charge in [0.15, 0.2) is 0 Å². The maximum absolute atomic E-state index is 11.9. The quantitative estimate of drug-likeness (QED) is 0.480. The third-order valence-electron chi connectivity index (χ3n) is 2.58. The van der Waals surface area contributed by atoms with Crippen LogP contribution in [0, 0.1) is 5.92 Å². The molecule has 0 aromatic heterocycles. The second-order valence-electron chi connectivity index (χ2n) is 4.25. The summed E-state index contributed by atoms with van der Waals surface area (Å²) in [6, 6.07) is -1.40. The Morgan fingerprint density at radius 1 is 1.09 bits per heavy atom. The van der Waals surface area contributed by atoms with Crippen molar-refractivity contribution < 1.29 is 33.4 Å². The number of rotatable bonds is 10. The number of hydrogen-bond acceptors (Lipinski definition) is 7. The second-order valence-corrected chi connectivity index (χ2v) is 4.25. The van der Waals surface area contributed by atoms with E-state index >= 15 is 0 Å². The summed E-state index contributed by atoms with van der Waals surface area (Å²) in [5.74, 6) is -4.40. The van der Waals surface area contributed by atoms with Gasteiger partial charge in [0.1, 0.15) is 12.6 Å². The third-order valence-corrected chi connectivity index (χ3v) is 2.58. The molecule has 0 aromatic carbocycles. The molecule has 0 aliphatic carbocycles. The molecule has 0 rings (SSSR count). The lowest BCUT2D eigenvalue weighted by Crippen LogP contribution is -2.53. The van der Waals surface area contributed by atoms with Crippen molar-refractivity contribution in [2.75, 3.05) is 26.9 Å². The van der Waals surface area contributed by atoms with Crippen LogP contribution in [0.1, 0.15) is 20.3 Å². The second kappa shape index (κ2) is 10.6. The first-order valence-electron chi connectivity index (χ1n) is 6.77. The predicted octanol–water partition coefficient (Wildman–Crippen LogP) is -1.26. The number of hydrogen-bond donors (Lipinski definition) is 2. The maximum atomic E-state index is 11.9. The number of carbonyl (C=O) groups excluding carboxylic acids is 4. The van der Waals surface area contributed by atoms with Crippen LogP contribution in [0.2, 0.25) is 0 Å². The molecule has 0 heterocycles. The first kappa shape index (κ1) is 19.8. The minimum Gasteiger partial charge on any atom is -0.466 e. The molecule has 0 aromatic rings. The van der Waals surface area contributed by atoms with Crippen molar-refractivity contribution in [2.45, 2.75) is 26.3 Å². The highest BCUT2D eigenvalue weighted by molar-refractivity contribution is 5.93. The van der Waals surface area contributed by atoms with Gasteiger partial charge in [0.05, 0.1) is 25.6 Å². The van der Waals surface area contributed by atoms with E-state index in [1.165, 1.54) is 7.11 Å². The summed E-state index contributed by atoms with van der Waals surface area (Å²) in [4.78, 5) is 46.6. The number of ether oxygens (including phenoxy) is 3. The van der Waals surface area contributed by atoms with Crippen LogP contribution < -0.4 is 11.1 Å². The van der Waals surface area contributed by atoms with Gasteiger partial charge in [-0.1, -0.05) is 0 Å². The zero-order chi connectivity index (χ0) is 17.1. The summed E-state index contributed by atoms with van der Waals surface area (Å²) in [5.41, 5.74) is 5.21. The van der Waals surface area contributed by atoms with E-state index in [9.17, 15) is 19.2 Å². The van der Waals surface area contributed by atoms with Crippen molar-refractivity contribution in [1.29, 1.82) is 0 Å². The van der Waals surface area contributed by atoms with Gasteiger partial charge in [0.2, 0.25) is 11.8 Å². The summed E-state index contributed by atoms with van der Waals surface area (Å²) in [6.07, 6.45) is -0.437. The molecule has 2 atom stereocenters. The van der Waals surface area contributed by atoms with E-state index in [2.05, 4.69) is 10.1 Å². The lowest BCUT2D eigenvalue weighted by atomic mass is 9.95. The van der Waals surface area contributed by atoms with E-state index in [0.717, 1.165) is 0 Å². The molecule has 0 radical (unpaired) electrons. The summed E-state index contributed by atoms with van der Waals surface area (Å²) < 4.78 is 14.2. The highest BCUT2D eigenvalue weighted by atomic mass is 16.5. The monoisotopic (exact) mass is 318 g/mol. The molecule has 0 saturated carbocycles. The number of nitrogens with one attached hydrogen (secondary N) is 1. The highest BCUT2D eigenvalue weighted by Gasteiger charge is 2.37. The molecule has 0 spiro atoms. The van der Waals surface area contributed by atoms with Gasteiger partial charge in [-0.2, -0.15) is 0 Å². The molecule has 9 nitrogen and oxygen atoms in total. The molecule has 0 saturated heterocycles. The number of esters is 2. The molecule has 126 valence electrons. The van der Waals surface area contributed by atoms with Crippen molar-refractivity contribution in [3.63, 3.8) is 0 Å². The first-order chi connectivity index (χ1) is 10.4. The SMILES string of the molecule is CCOC(=O)C[C@@H](C(=O)OCC)[C@H](NC(=O)COC)C(N)=O. The van der Waals surface area contributed by atoms with Crippen LogP contribution in [0.5, 0.6) is 0 Å². The summed E-state index contributed by atoms with van der Waals surface area (Å²) in [6.45, 7) is 3.02. The summed E-state index contributed by atoms with van der Waals surface area (Å²) in [5, 5.41) is 2.26. The van der Waals surface area contributed by atoms with Crippen molar-refractivity contribution >= 4 is 23.8 Å². The number of carbonyl (C=O) groups is 4. The maximum Gasteiger partial charge on any atom is 0.312 e. The Bertz CT molecular complexity index is 411. The van der Waals surface area contributed by atoms with E-state index in [0.29, 0.717) is 0 Å². The van der Waals surface area contributed by atoms with E-state index in [1.807, 2.05) is 0 Å². The molecule has 22 heavy (non-hydrogen) atoms. The molecular weight excluding hydrogens is 296 g/mol. The molecule has 0 aliphatic rings. The molecule has 0 bridgehead atoms. The van der Waals surface area contributed by atoms with Gasteiger partial charge in [0.25, 0.3) is 0 Å². The molecule has 2 amide bonds. The smallest absolute Gasteiger partial charge is 0.312 e. The van der Waals surface area contributed by atoms with Crippen LogP contribution in [0.25, 0.3) is 0 Å². The normalized spacial score (nSPS) is 12.9. The van der Waals surface area contributed by atoms with E-state index in [4.69, 9.17) is 15.2 Å². The predicted molar refractivity (Wildman–Crippen MR) is 74.4 cm³/mol. The summed E-state index contributed by atoms with van der Waals surface area (Å²) >= 11 is 0. The van der Waals surface area contributed by atoms with Crippen molar-refractivity contribution in [3.05, 3.63) is 0 Å². The van der Waals surface area contributed by atoms with Gasteiger partial charge in [-0.05, 0) is 13.8 Å². The minimum atomic E-state index is -1.40. The zero-order valence-electron chi connectivity index (χ0n) is 12.9. The van der Waals surface area contributed by atoms with Crippen LogP contribution in [0.4, 0.5) is 0 Å². The Balaban J connectivity index is 5.18. The van der Waals surface area contributed by atoms with Gasteiger partial charge in [0, 0.05) is 7.11 Å². The van der Waals surface area contributed by atoms with Gasteiger partial charge < -0.3 is 25.3 Å². The molecule has 0 unspecified atom stereocenters. The van der Waals surface area contributed by atoms with Crippen molar-refractivity contribution in [3.8, 4) is 0 Å². The summed E-state index contributed by atoms with van der Waals surface area (Å²) in [7, 11) is 1.29. The molecule has 0 fully saturated rings. The van der Waals surface area contributed by atoms with Crippen molar-refractivity contribution in [2.24, 2.45) is 11.7 Å². The van der Waals surface area contributed by atoms with E-state index in [1.54, 1.807) is 13.8 Å². The molecule has 3 N–H and O–H groups in total. The van der Waals surface area contributed by atoms with E-state index < -0.39 is 42.1 Å². The molecular formula is C13H22N2O7. The number of nitrogens with two attached hydrogens (primary N) is 1. The van der Waals surface area contributed by atoms with E-state index in [-0.39, 0.29) is 19.8 Å². The van der Waals surface area contributed by atoms with Gasteiger partial charge in [-0.3, -0.25) is 19.2 Å². The fourth-order valence-corrected chi connectivity index (χ4v) is 1.70. The molecule has 0 aliphatic heterocycles. The van der Waals surface area contributed by atoms with Crippen LogP contribution in [-0.2, 0) is 33.4 Å². The first-order valence-corrected chi connectivity index (χ1v) is 6.77. The minimum absolute atomic E-state index is 0.0512. The topological polar surface area (TPSA) is 134 Å². The molecule has 9 heteroatoms. The third kappa shape index (κ3) is 7.02. The Morgan fingerprint density at radius 2 is 1.68 bits per heavy atom. The average Bonchev–Trinajstić information content (AvgIpc) is 2.43. The van der Waals surface area contributed by atoms with Crippen molar-refractivity contribution in [1.82, 2.24) is 5.32 Å². The fourth-order valence-electron chi connectivity index (χ4n) is 1.70. The van der Waals surface area contributed by atoms with Gasteiger partial charge >= 0.3 is 11.9 Å².